The molecule has 0 bridgehead atoms. The number of nitrogens with one attached hydrogen (secondary N) is 1. The van der Waals surface area contributed by atoms with Crippen molar-refractivity contribution in [1.82, 2.24) is 0 Å². The molecule has 0 spiro atoms. The van der Waals surface area contributed by atoms with E-state index in [1.165, 1.54) is 25.7 Å². The van der Waals surface area contributed by atoms with Gasteiger partial charge in [-0.05, 0) is 37.4 Å². The summed E-state index contributed by atoms with van der Waals surface area (Å²) in [5.74, 6) is 2.08. The molecule has 2 rings (SSSR count). The molecule has 2 atom stereocenters. The summed E-state index contributed by atoms with van der Waals surface area (Å²) in [5, 5.41) is 3.59. The zero-order chi connectivity index (χ0) is 13.7. The van der Waals surface area contributed by atoms with Gasteiger partial charge >= 0.3 is 0 Å². The summed E-state index contributed by atoms with van der Waals surface area (Å²) in [6.07, 6.45) is 4.99. The van der Waals surface area contributed by atoms with Gasteiger partial charge in [0.15, 0.2) is 11.5 Å². The van der Waals surface area contributed by atoms with E-state index in [1.54, 1.807) is 14.2 Å². The average molecular weight is 264 g/mol. The van der Waals surface area contributed by atoms with Crippen LogP contribution in [-0.4, -0.2) is 26.8 Å². The van der Waals surface area contributed by atoms with E-state index in [-0.39, 0.29) is 0 Å². The molecule has 4 heteroatoms. The van der Waals surface area contributed by atoms with Crippen molar-refractivity contribution in [2.45, 2.75) is 31.7 Å². The monoisotopic (exact) mass is 264 g/mol. The minimum absolute atomic E-state index is 0.469. The molecular weight excluding hydrogens is 240 g/mol. The Labute approximate surface area is 115 Å². The van der Waals surface area contributed by atoms with Crippen LogP contribution in [0.1, 0.15) is 25.7 Å². The molecule has 0 saturated heterocycles. The maximum absolute atomic E-state index is 5.86. The van der Waals surface area contributed by atoms with Crippen LogP contribution in [0, 0.1) is 5.92 Å². The van der Waals surface area contributed by atoms with Gasteiger partial charge in [0.2, 0.25) is 0 Å². The van der Waals surface area contributed by atoms with Crippen molar-refractivity contribution in [2.75, 3.05) is 26.1 Å². The molecule has 0 radical (unpaired) electrons. The molecule has 4 nitrogen and oxygen atoms in total. The minimum atomic E-state index is 0.469. The molecule has 0 aromatic heterocycles. The van der Waals surface area contributed by atoms with Gasteiger partial charge in [-0.2, -0.15) is 0 Å². The smallest absolute Gasteiger partial charge is 0.162 e. The van der Waals surface area contributed by atoms with Gasteiger partial charge in [0.05, 0.1) is 14.2 Å². The Balaban J connectivity index is 2.09. The summed E-state index contributed by atoms with van der Waals surface area (Å²) in [6, 6.07) is 6.42. The maximum Gasteiger partial charge on any atom is 0.162 e. The topological polar surface area (TPSA) is 56.5 Å². The number of hydrogen-bond acceptors (Lipinski definition) is 4. The van der Waals surface area contributed by atoms with E-state index in [9.17, 15) is 0 Å². The van der Waals surface area contributed by atoms with Crippen LogP contribution in [0.5, 0.6) is 11.5 Å². The van der Waals surface area contributed by atoms with Crippen molar-refractivity contribution in [3.63, 3.8) is 0 Å². The fraction of sp³-hybridized carbons (Fsp3) is 0.600. The summed E-state index contributed by atoms with van der Waals surface area (Å²) in [5.41, 5.74) is 6.94. The number of ether oxygens (including phenoxy) is 2. The maximum atomic E-state index is 5.86. The van der Waals surface area contributed by atoms with Crippen LogP contribution in [0.2, 0.25) is 0 Å². The predicted molar refractivity (Wildman–Crippen MR) is 78.0 cm³/mol. The summed E-state index contributed by atoms with van der Waals surface area (Å²) in [6.45, 7) is 0.755. The van der Waals surface area contributed by atoms with Gasteiger partial charge in [0.1, 0.15) is 0 Å². The molecule has 1 aromatic carbocycles. The molecule has 106 valence electrons. The summed E-state index contributed by atoms with van der Waals surface area (Å²) in [4.78, 5) is 0. The quantitative estimate of drug-likeness (QED) is 0.858. The molecule has 1 aliphatic rings. The first-order valence-electron chi connectivity index (χ1n) is 6.97. The minimum Gasteiger partial charge on any atom is -0.493 e. The fourth-order valence-corrected chi connectivity index (χ4v) is 2.82. The first kappa shape index (κ1) is 14.0. The fourth-order valence-electron chi connectivity index (χ4n) is 2.82. The zero-order valence-electron chi connectivity index (χ0n) is 11.8. The van der Waals surface area contributed by atoms with E-state index < -0.39 is 0 Å². The van der Waals surface area contributed by atoms with E-state index in [4.69, 9.17) is 15.2 Å². The Hall–Kier alpha value is -1.42. The predicted octanol–water partition coefficient (Wildman–Crippen LogP) is 2.63. The van der Waals surface area contributed by atoms with E-state index in [0.717, 1.165) is 23.7 Å². The van der Waals surface area contributed by atoms with Gasteiger partial charge in [-0.15, -0.1) is 0 Å². The highest BCUT2D eigenvalue weighted by Gasteiger charge is 2.23. The van der Waals surface area contributed by atoms with Crippen LogP contribution in [0.15, 0.2) is 18.2 Å². The molecule has 1 saturated carbocycles. The van der Waals surface area contributed by atoms with Crippen molar-refractivity contribution in [3.8, 4) is 11.5 Å². The Morgan fingerprint density at radius 1 is 1.16 bits per heavy atom. The summed E-state index contributed by atoms with van der Waals surface area (Å²) >= 11 is 0. The number of benzene rings is 1. The molecule has 1 aromatic rings. The van der Waals surface area contributed by atoms with Gasteiger partial charge in [-0.3, -0.25) is 0 Å². The van der Waals surface area contributed by atoms with Crippen LogP contribution in [-0.2, 0) is 0 Å². The lowest BCUT2D eigenvalue weighted by molar-refractivity contribution is 0.332. The Morgan fingerprint density at radius 3 is 2.58 bits per heavy atom. The first-order valence-corrected chi connectivity index (χ1v) is 6.97. The molecule has 1 aliphatic carbocycles. The summed E-state index contributed by atoms with van der Waals surface area (Å²) < 4.78 is 10.6. The Bertz CT molecular complexity index is 409. The normalized spacial score (nSPS) is 22.9. The molecule has 0 amide bonds. The third-order valence-corrected chi connectivity index (χ3v) is 3.95. The first-order chi connectivity index (χ1) is 9.28. The van der Waals surface area contributed by atoms with Gasteiger partial charge < -0.3 is 20.5 Å². The van der Waals surface area contributed by atoms with Crippen LogP contribution in [0.4, 0.5) is 5.69 Å². The zero-order valence-corrected chi connectivity index (χ0v) is 11.8. The van der Waals surface area contributed by atoms with E-state index >= 15 is 0 Å². The van der Waals surface area contributed by atoms with Gasteiger partial charge in [-0.25, -0.2) is 0 Å². The van der Waals surface area contributed by atoms with Crippen molar-refractivity contribution in [3.05, 3.63) is 18.2 Å². The second-order valence-electron chi connectivity index (χ2n) is 5.10. The van der Waals surface area contributed by atoms with Crippen molar-refractivity contribution < 1.29 is 9.47 Å². The van der Waals surface area contributed by atoms with Crippen LogP contribution in [0.25, 0.3) is 0 Å². The molecular formula is C15H24N2O2. The molecule has 2 unspecified atom stereocenters. The van der Waals surface area contributed by atoms with E-state index in [2.05, 4.69) is 5.32 Å². The number of anilines is 1. The van der Waals surface area contributed by atoms with Crippen LogP contribution in [0.3, 0.4) is 0 Å². The highest BCUT2D eigenvalue weighted by molar-refractivity contribution is 5.55. The summed E-state index contributed by atoms with van der Waals surface area (Å²) in [7, 11) is 3.31. The molecule has 19 heavy (non-hydrogen) atoms. The lowest BCUT2D eigenvalue weighted by Gasteiger charge is -2.32. The van der Waals surface area contributed by atoms with Crippen LogP contribution < -0.4 is 20.5 Å². The van der Waals surface area contributed by atoms with Gasteiger partial charge in [0, 0.05) is 17.8 Å². The average Bonchev–Trinajstić information content (AvgIpc) is 2.47. The van der Waals surface area contributed by atoms with E-state index in [1.807, 2.05) is 18.2 Å². The lowest BCUT2D eigenvalue weighted by Crippen LogP contribution is -2.36. The Kier molecular flexibility index (Phi) is 4.91. The van der Waals surface area contributed by atoms with Crippen molar-refractivity contribution in [1.29, 1.82) is 0 Å². The highest BCUT2D eigenvalue weighted by atomic mass is 16.5. The molecule has 1 fully saturated rings. The third kappa shape index (κ3) is 3.32. The molecule has 3 N–H and O–H groups in total. The SMILES string of the molecule is COc1ccc(NC2CCCCC2CN)cc1OC. The number of methoxy groups -OCH3 is 2. The van der Waals surface area contributed by atoms with Gasteiger partial charge in [-0.1, -0.05) is 12.8 Å². The number of hydrogen-bond donors (Lipinski definition) is 2. The second-order valence-corrected chi connectivity index (χ2v) is 5.10. The number of nitrogens with two attached hydrogens (primary N) is 1. The van der Waals surface area contributed by atoms with Crippen molar-refractivity contribution in [2.24, 2.45) is 11.7 Å². The largest absolute Gasteiger partial charge is 0.493 e. The highest BCUT2D eigenvalue weighted by Crippen LogP contribution is 2.32. The third-order valence-electron chi connectivity index (χ3n) is 3.95. The Morgan fingerprint density at radius 2 is 1.89 bits per heavy atom. The standard InChI is InChI=1S/C15H24N2O2/c1-18-14-8-7-12(9-15(14)19-2)17-13-6-4-3-5-11(13)10-16/h7-9,11,13,17H,3-6,10,16H2,1-2H3. The van der Waals surface area contributed by atoms with Crippen molar-refractivity contribution >= 4 is 5.69 Å². The molecule has 0 aliphatic heterocycles. The van der Waals surface area contributed by atoms with Gasteiger partial charge in [0.25, 0.3) is 0 Å². The molecule has 0 heterocycles. The lowest BCUT2D eigenvalue weighted by atomic mass is 9.84. The second kappa shape index (κ2) is 6.66. The van der Waals surface area contributed by atoms with Crippen LogP contribution >= 0.6 is 0 Å². The van der Waals surface area contributed by atoms with E-state index in [0.29, 0.717) is 12.0 Å². The number of rotatable bonds is 5.